The lowest BCUT2D eigenvalue weighted by molar-refractivity contribution is 0.0913. The van der Waals surface area contributed by atoms with Crippen LogP contribution in [0.5, 0.6) is 0 Å². The molecule has 1 aromatic carbocycles. The Morgan fingerprint density at radius 1 is 1.40 bits per heavy atom. The van der Waals surface area contributed by atoms with E-state index in [1.54, 1.807) is 17.1 Å². The van der Waals surface area contributed by atoms with E-state index >= 15 is 0 Å². The molecule has 1 N–H and O–H groups in total. The van der Waals surface area contributed by atoms with Gasteiger partial charge in [0.25, 0.3) is 5.91 Å². The Morgan fingerprint density at radius 2 is 2.10 bits per heavy atom. The van der Waals surface area contributed by atoms with Crippen LogP contribution in [0.1, 0.15) is 30.6 Å². The number of carbonyl (C=O) groups is 1. The average molecular weight is 336 g/mol. The number of nitrogens with one attached hydrogen (secondary N) is 1. The maximum Gasteiger partial charge on any atom is 0.254 e. The van der Waals surface area contributed by atoms with Crippen molar-refractivity contribution in [3.05, 3.63) is 48.3 Å². The summed E-state index contributed by atoms with van der Waals surface area (Å²) >= 11 is 3.44. The van der Waals surface area contributed by atoms with E-state index in [0.717, 1.165) is 17.4 Å². The molecule has 5 heteroatoms. The van der Waals surface area contributed by atoms with Crippen LogP contribution in [0.15, 0.2) is 42.7 Å². The van der Waals surface area contributed by atoms with Crippen molar-refractivity contribution in [1.29, 1.82) is 0 Å². The predicted molar refractivity (Wildman–Crippen MR) is 83.5 cm³/mol. The van der Waals surface area contributed by atoms with Crippen LogP contribution in [0.4, 0.5) is 0 Å². The van der Waals surface area contributed by atoms with Gasteiger partial charge in [0, 0.05) is 17.1 Å². The minimum atomic E-state index is -0.244. The number of aromatic nitrogens is 2. The summed E-state index contributed by atoms with van der Waals surface area (Å²) in [6.45, 7) is 4.07. The van der Waals surface area contributed by atoms with Gasteiger partial charge in [0.05, 0.1) is 17.4 Å². The Bertz CT molecular complexity index is 576. The number of carbonyl (C=O) groups excluding carboxylic acids is 1. The number of benzene rings is 1. The van der Waals surface area contributed by atoms with Crippen molar-refractivity contribution >= 4 is 21.8 Å². The summed E-state index contributed by atoms with van der Waals surface area (Å²) in [4.78, 5) is 12.2. The van der Waals surface area contributed by atoms with Crippen molar-refractivity contribution in [3.8, 4) is 5.69 Å². The topological polar surface area (TPSA) is 46.9 Å². The Kier molecular flexibility index (Phi) is 4.60. The summed E-state index contributed by atoms with van der Waals surface area (Å²) in [5.74, 6) is -0.101. The molecule has 1 heterocycles. The number of hydrogen-bond acceptors (Lipinski definition) is 2. The van der Waals surface area contributed by atoms with Crippen LogP contribution >= 0.6 is 15.9 Å². The maximum absolute atomic E-state index is 12.2. The molecule has 0 radical (unpaired) electrons. The SMILES string of the molecule is CCC(C)(CBr)NC(=O)c1cnn(-c2ccccc2)c1. The zero-order valence-corrected chi connectivity index (χ0v) is 13.2. The summed E-state index contributed by atoms with van der Waals surface area (Å²) in [6, 6.07) is 9.72. The summed E-state index contributed by atoms with van der Waals surface area (Å²) in [5, 5.41) is 7.99. The van der Waals surface area contributed by atoms with Crippen molar-refractivity contribution in [2.75, 3.05) is 5.33 Å². The summed E-state index contributed by atoms with van der Waals surface area (Å²) in [6.07, 6.45) is 4.19. The monoisotopic (exact) mass is 335 g/mol. The lowest BCUT2D eigenvalue weighted by Crippen LogP contribution is -2.46. The van der Waals surface area contributed by atoms with E-state index in [4.69, 9.17) is 0 Å². The first-order valence-electron chi connectivity index (χ1n) is 6.56. The van der Waals surface area contributed by atoms with Gasteiger partial charge in [-0.25, -0.2) is 4.68 Å². The molecule has 0 saturated heterocycles. The molecule has 4 nitrogen and oxygen atoms in total. The van der Waals surface area contributed by atoms with E-state index in [-0.39, 0.29) is 11.4 Å². The first-order valence-corrected chi connectivity index (χ1v) is 7.69. The normalized spacial score (nSPS) is 13.8. The molecule has 2 aromatic rings. The molecule has 0 bridgehead atoms. The molecule has 0 aliphatic carbocycles. The van der Waals surface area contributed by atoms with Crippen LogP contribution in [-0.2, 0) is 0 Å². The van der Waals surface area contributed by atoms with Gasteiger partial charge in [-0.15, -0.1) is 0 Å². The molecule has 1 amide bonds. The predicted octanol–water partition coefficient (Wildman–Crippen LogP) is 3.17. The van der Waals surface area contributed by atoms with Crippen molar-refractivity contribution in [2.24, 2.45) is 0 Å². The van der Waals surface area contributed by atoms with Gasteiger partial charge in [-0.1, -0.05) is 41.1 Å². The fourth-order valence-electron chi connectivity index (χ4n) is 1.72. The third-order valence-corrected chi connectivity index (χ3v) is 4.59. The van der Waals surface area contributed by atoms with Gasteiger partial charge < -0.3 is 5.32 Å². The molecular formula is C15H18BrN3O. The standard InChI is InChI=1S/C15H18BrN3O/c1-3-15(2,11-16)18-14(20)12-9-17-19(10-12)13-7-5-4-6-8-13/h4-10H,3,11H2,1-2H3,(H,18,20). The lowest BCUT2D eigenvalue weighted by atomic mass is 10.0. The van der Waals surface area contributed by atoms with Crippen LogP contribution < -0.4 is 5.32 Å². The van der Waals surface area contributed by atoms with Gasteiger partial charge in [-0.05, 0) is 25.5 Å². The average Bonchev–Trinajstić information content (AvgIpc) is 2.98. The highest BCUT2D eigenvalue weighted by Gasteiger charge is 2.24. The van der Waals surface area contributed by atoms with E-state index in [0.29, 0.717) is 5.56 Å². The fraction of sp³-hybridized carbons (Fsp3) is 0.333. The minimum absolute atomic E-state index is 0.101. The van der Waals surface area contributed by atoms with Gasteiger partial charge >= 0.3 is 0 Å². The van der Waals surface area contributed by atoms with Gasteiger partial charge in [-0.2, -0.15) is 5.10 Å². The van der Waals surface area contributed by atoms with E-state index in [2.05, 4.69) is 33.3 Å². The second-order valence-electron chi connectivity index (χ2n) is 5.01. The number of amides is 1. The third kappa shape index (κ3) is 3.28. The van der Waals surface area contributed by atoms with Gasteiger partial charge in [0.1, 0.15) is 0 Å². The minimum Gasteiger partial charge on any atom is -0.346 e. The van der Waals surface area contributed by atoms with Crippen LogP contribution in [-0.4, -0.2) is 26.6 Å². The number of halogens is 1. The lowest BCUT2D eigenvalue weighted by Gasteiger charge is -2.26. The molecule has 1 atom stereocenters. The molecule has 0 fully saturated rings. The summed E-state index contributed by atoms with van der Waals surface area (Å²) in [7, 11) is 0. The van der Waals surface area contributed by atoms with Crippen LogP contribution in [0.2, 0.25) is 0 Å². The first kappa shape index (κ1) is 14.8. The van der Waals surface area contributed by atoms with Crippen LogP contribution in [0, 0.1) is 0 Å². The first-order chi connectivity index (χ1) is 9.58. The smallest absolute Gasteiger partial charge is 0.254 e. The van der Waals surface area contributed by atoms with E-state index in [1.165, 1.54) is 0 Å². The molecule has 1 unspecified atom stereocenters. The van der Waals surface area contributed by atoms with Crippen LogP contribution in [0.3, 0.4) is 0 Å². The van der Waals surface area contributed by atoms with E-state index in [1.807, 2.05) is 37.3 Å². The Labute approximate surface area is 127 Å². The Morgan fingerprint density at radius 3 is 2.70 bits per heavy atom. The molecule has 0 aliphatic rings. The molecule has 106 valence electrons. The van der Waals surface area contributed by atoms with Gasteiger partial charge in [0.2, 0.25) is 0 Å². The molecule has 2 rings (SSSR count). The molecular weight excluding hydrogens is 318 g/mol. The second kappa shape index (κ2) is 6.22. The quantitative estimate of drug-likeness (QED) is 0.853. The number of nitrogens with zero attached hydrogens (tertiary/aromatic N) is 2. The highest BCUT2D eigenvalue weighted by Crippen LogP contribution is 2.14. The Hall–Kier alpha value is -1.62. The number of hydrogen-bond donors (Lipinski definition) is 1. The zero-order chi connectivity index (χ0) is 14.6. The molecule has 20 heavy (non-hydrogen) atoms. The van der Waals surface area contributed by atoms with Crippen molar-refractivity contribution in [2.45, 2.75) is 25.8 Å². The highest BCUT2D eigenvalue weighted by atomic mass is 79.9. The molecule has 0 saturated carbocycles. The van der Waals surface area contributed by atoms with Crippen molar-refractivity contribution in [1.82, 2.24) is 15.1 Å². The molecule has 0 spiro atoms. The zero-order valence-electron chi connectivity index (χ0n) is 11.6. The number of rotatable bonds is 5. The number of alkyl halides is 1. The second-order valence-corrected chi connectivity index (χ2v) is 5.57. The maximum atomic E-state index is 12.2. The van der Waals surface area contributed by atoms with Gasteiger partial charge in [0.15, 0.2) is 0 Å². The highest BCUT2D eigenvalue weighted by molar-refractivity contribution is 9.09. The van der Waals surface area contributed by atoms with Gasteiger partial charge in [-0.3, -0.25) is 4.79 Å². The van der Waals surface area contributed by atoms with E-state index < -0.39 is 0 Å². The number of para-hydroxylation sites is 1. The Balaban J connectivity index is 2.15. The molecule has 0 aliphatic heterocycles. The van der Waals surface area contributed by atoms with Crippen molar-refractivity contribution < 1.29 is 4.79 Å². The van der Waals surface area contributed by atoms with E-state index in [9.17, 15) is 4.79 Å². The summed E-state index contributed by atoms with van der Waals surface area (Å²) in [5.41, 5.74) is 1.26. The molecule has 1 aromatic heterocycles. The van der Waals surface area contributed by atoms with Crippen LogP contribution in [0.25, 0.3) is 5.69 Å². The summed E-state index contributed by atoms with van der Waals surface area (Å²) < 4.78 is 1.70. The van der Waals surface area contributed by atoms with Crippen molar-refractivity contribution in [3.63, 3.8) is 0 Å². The fourth-order valence-corrected chi connectivity index (χ4v) is 2.26. The third-order valence-electron chi connectivity index (χ3n) is 3.36. The largest absolute Gasteiger partial charge is 0.346 e.